The Bertz CT molecular complexity index is 966. The highest BCUT2D eigenvalue weighted by Crippen LogP contribution is 2.16. The largest absolute Gasteiger partial charge is 0.466 e. The van der Waals surface area contributed by atoms with Gasteiger partial charge in [0.05, 0.1) is 25.4 Å². The number of aliphatic hydroxyl groups excluding tert-OH is 2. The van der Waals surface area contributed by atoms with Crippen molar-refractivity contribution in [3.8, 4) is 0 Å². The van der Waals surface area contributed by atoms with Crippen molar-refractivity contribution >= 4 is 11.9 Å². The predicted molar refractivity (Wildman–Crippen MR) is 269 cm³/mol. The molecule has 366 valence electrons. The van der Waals surface area contributed by atoms with Crippen molar-refractivity contribution in [2.45, 2.75) is 309 Å². The number of amides is 1. The summed E-state index contributed by atoms with van der Waals surface area (Å²) >= 11 is 0. The topological polar surface area (TPSA) is 95.9 Å². The van der Waals surface area contributed by atoms with Crippen LogP contribution >= 0.6 is 0 Å². The van der Waals surface area contributed by atoms with E-state index in [2.05, 4.69) is 31.3 Å². The lowest BCUT2D eigenvalue weighted by Gasteiger charge is -2.20. The number of aliphatic hydroxyl groups is 2. The van der Waals surface area contributed by atoms with Crippen molar-refractivity contribution in [2.75, 3.05) is 13.2 Å². The third kappa shape index (κ3) is 47.8. The maximum atomic E-state index is 12.4. The van der Waals surface area contributed by atoms with Crippen LogP contribution in [0.15, 0.2) is 24.3 Å². The molecule has 0 bridgehead atoms. The Kier molecular flexibility index (Phi) is 50.6. The molecular weight excluding hydrogens is 767 g/mol. The number of hydrogen-bond acceptors (Lipinski definition) is 5. The first-order chi connectivity index (χ1) is 30.5. The minimum absolute atomic E-state index is 0.0136. The van der Waals surface area contributed by atoms with Gasteiger partial charge in [-0.1, -0.05) is 250 Å². The summed E-state index contributed by atoms with van der Waals surface area (Å²) in [7, 11) is 0. The van der Waals surface area contributed by atoms with E-state index in [0.717, 1.165) is 57.8 Å². The summed E-state index contributed by atoms with van der Waals surface area (Å²) in [6.45, 7) is 4.87. The van der Waals surface area contributed by atoms with Gasteiger partial charge in [-0.15, -0.1) is 0 Å². The van der Waals surface area contributed by atoms with Crippen LogP contribution in [0.25, 0.3) is 0 Å². The fourth-order valence-electron chi connectivity index (χ4n) is 8.45. The van der Waals surface area contributed by atoms with Gasteiger partial charge in [0.25, 0.3) is 0 Å². The number of ether oxygens (including phenoxy) is 1. The van der Waals surface area contributed by atoms with Gasteiger partial charge in [-0.05, 0) is 57.8 Å². The number of unbranched alkanes of at least 4 members (excludes halogenated alkanes) is 38. The zero-order valence-corrected chi connectivity index (χ0v) is 41.6. The molecule has 3 N–H and O–H groups in total. The SMILES string of the molecule is CCCCCCCCC/C=C\CCCCCCCCCC(=O)OCCCCCCCCCCCCCCC(=O)NC(CO)C(O)/C=C/CCCCCCCCCCCCCCC. The normalized spacial score (nSPS) is 12.8. The fourth-order valence-corrected chi connectivity index (χ4v) is 8.45. The van der Waals surface area contributed by atoms with Crippen LogP contribution in [-0.2, 0) is 14.3 Å². The Balaban J connectivity index is 3.47. The molecule has 0 saturated heterocycles. The molecule has 0 aromatic rings. The molecular formula is C56H107NO5. The molecule has 0 saturated carbocycles. The molecule has 0 aromatic carbocycles. The Morgan fingerprint density at radius 3 is 1.15 bits per heavy atom. The number of rotatable bonds is 51. The van der Waals surface area contributed by atoms with Crippen LogP contribution in [0.3, 0.4) is 0 Å². The van der Waals surface area contributed by atoms with Crippen LogP contribution in [0.2, 0.25) is 0 Å². The molecule has 0 heterocycles. The molecule has 0 aliphatic carbocycles. The van der Waals surface area contributed by atoms with E-state index in [4.69, 9.17) is 4.74 Å². The highest BCUT2D eigenvalue weighted by atomic mass is 16.5. The van der Waals surface area contributed by atoms with Gasteiger partial charge in [0, 0.05) is 12.8 Å². The number of esters is 1. The van der Waals surface area contributed by atoms with Gasteiger partial charge in [0.15, 0.2) is 0 Å². The minimum Gasteiger partial charge on any atom is -0.466 e. The monoisotopic (exact) mass is 874 g/mol. The Morgan fingerprint density at radius 1 is 0.435 bits per heavy atom. The van der Waals surface area contributed by atoms with Gasteiger partial charge in [0.2, 0.25) is 5.91 Å². The highest BCUT2D eigenvalue weighted by molar-refractivity contribution is 5.76. The molecule has 0 rings (SSSR count). The lowest BCUT2D eigenvalue weighted by molar-refractivity contribution is -0.143. The van der Waals surface area contributed by atoms with Crippen LogP contribution in [0, 0.1) is 0 Å². The summed E-state index contributed by atoms with van der Waals surface area (Å²) in [6.07, 6.45) is 61.8. The maximum Gasteiger partial charge on any atom is 0.305 e. The Morgan fingerprint density at radius 2 is 0.758 bits per heavy atom. The van der Waals surface area contributed by atoms with E-state index in [1.54, 1.807) is 6.08 Å². The Hall–Kier alpha value is -1.66. The molecule has 6 heteroatoms. The second kappa shape index (κ2) is 52.0. The molecule has 0 aliphatic heterocycles. The third-order valence-electron chi connectivity index (χ3n) is 12.7. The number of allylic oxidation sites excluding steroid dienone is 3. The van der Waals surface area contributed by atoms with Gasteiger partial charge >= 0.3 is 5.97 Å². The Labute approximate surface area is 386 Å². The highest BCUT2D eigenvalue weighted by Gasteiger charge is 2.18. The molecule has 62 heavy (non-hydrogen) atoms. The molecule has 0 aromatic heterocycles. The van der Waals surface area contributed by atoms with Gasteiger partial charge in [-0.3, -0.25) is 9.59 Å². The quantitative estimate of drug-likeness (QED) is 0.0321. The van der Waals surface area contributed by atoms with Crippen molar-refractivity contribution < 1.29 is 24.5 Å². The molecule has 1 amide bonds. The maximum absolute atomic E-state index is 12.4. The summed E-state index contributed by atoms with van der Waals surface area (Å²) in [5, 5.41) is 23.1. The van der Waals surface area contributed by atoms with Crippen LogP contribution in [0.5, 0.6) is 0 Å². The molecule has 6 nitrogen and oxygen atoms in total. The van der Waals surface area contributed by atoms with E-state index in [-0.39, 0.29) is 18.5 Å². The molecule has 0 radical (unpaired) electrons. The van der Waals surface area contributed by atoms with Crippen LogP contribution in [0.1, 0.15) is 296 Å². The summed E-state index contributed by atoms with van der Waals surface area (Å²) < 4.78 is 5.47. The average Bonchev–Trinajstić information content (AvgIpc) is 3.27. The smallest absolute Gasteiger partial charge is 0.305 e. The van der Waals surface area contributed by atoms with Gasteiger partial charge in [-0.25, -0.2) is 0 Å². The van der Waals surface area contributed by atoms with Crippen LogP contribution in [0.4, 0.5) is 0 Å². The summed E-state index contributed by atoms with van der Waals surface area (Å²) in [6, 6.07) is -0.639. The van der Waals surface area contributed by atoms with Crippen molar-refractivity contribution in [2.24, 2.45) is 0 Å². The lowest BCUT2D eigenvalue weighted by atomic mass is 10.0. The van der Waals surface area contributed by atoms with Crippen LogP contribution < -0.4 is 5.32 Å². The predicted octanol–water partition coefficient (Wildman–Crippen LogP) is 16.7. The van der Waals surface area contributed by atoms with E-state index in [9.17, 15) is 19.8 Å². The first-order valence-corrected chi connectivity index (χ1v) is 27.6. The van der Waals surface area contributed by atoms with Gasteiger partial charge in [0.1, 0.15) is 0 Å². The summed E-state index contributed by atoms with van der Waals surface area (Å²) in [5.41, 5.74) is 0. The fraction of sp³-hybridized carbons (Fsp3) is 0.893. The number of hydrogen-bond donors (Lipinski definition) is 3. The zero-order chi connectivity index (χ0) is 45.1. The zero-order valence-electron chi connectivity index (χ0n) is 41.6. The number of nitrogens with one attached hydrogen (secondary N) is 1. The van der Waals surface area contributed by atoms with E-state index in [0.29, 0.717) is 19.4 Å². The summed E-state index contributed by atoms with van der Waals surface area (Å²) in [4.78, 5) is 24.5. The van der Waals surface area contributed by atoms with E-state index < -0.39 is 12.1 Å². The number of carbonyl (C=O) groups excluding carboxylic acids is 2. The van der Waals surface area contributed by atoms with Crippen molar-refractivity contribution in [1.29, 1.82) is 0 Å². The molecule has 2 atom stereocenters. The van der Waals surface area contributed by atoms with Gasteiger partial charge < -0.3 is 20.3 Å². The van der Waals surface area contributed by atoms with Crippen molar-refractivity contribution in [3.63, 3.8) is 0 Å². The molecule has 0 aliphatic rings. The van der Waals surface area contributed by atoms with Crippen molar-refractivity contribution in [3.05, 3.63) is 24.3 Å². The first-order valence-electron chi connectivity index (χ1n) is 27.6. The molecule has 2 unspecified atom stereocenters. The first kappa shape index (κ1) is 60.3. The standard InChI is InChI=1S/C56H107NO5/c1-3-5-7-9-11-13-15-17-19-20-21-23-25-30-34-38-42-46-50-56(61)62-51-47-43-39-35-31-27-26-29-33-37-41-45-49-55(60)57-53(52-58)54(59)48-44-40-36-32-28-24-22-18-16-14-12-10-8-6-4-2/h19-20,44,48,53-54,58-59H,3-18,21-43,45-47,49-52H2,1-2H3,(H,57,60)/b20-19-,48-44+. The van der Waals surface area contributed by atoms with Crippen LogP contribution in [-0.4, -0.2) is 47.4 Å². The molecule has 0 fully saturated rings. The van der Waals surface area contributed by atoms with Crippen molar-refractivity contribution in [1.82, 2.24) is 5.32 Å². The third-order valence-corrected chi connectivity index (χ3v) is 12.7. The second-order valence-electron chi connectivity index (χ2n) is 18.9. The summed E-state index contributed by atoms with van der Waals surface area (Å²) in [5.74, 6) is -0.0964. The second-order valence-corrected chi connectivity index (χ2v) is 18.9. The minimum atomic E-state index is -0.854. The lowest BCUT2D eigenvalue weighted by Crippen LogP contribution is -2.45. The van der Waals surface area contributed by atoms with E-state index in [1.807, 2.05) is 6.08 Å². The molecule has 0 spiro atoms. The van der Waals surface area contributed by atoms with E-state index in [1.165, 1.54) is 212 Å². The number of carbonyl (C=O) groups is 2. The average molecular weight is 874 g/mol. The van der Waals surface area contributed by atoms with Gasteiger partial charge in [-0.2, -0.15) is 0 Å². The van der Waals surface area contributed by atoms with E-state index >= 15 is 0 Å².